The smallest absolute Gasteiger partial charge is 0.270 e. The molecule has 19 heavy (non-hydrogen) atoms. The first kappa shape index (κ1) is 13.1. The number of nitrogens with zero attached hydrogens (tertiary/aromatic N) is 2. The van der Waals surface area contributed by atoms with Crippen molar-refractivity contribution >= 4 is 11.6 Å². The molecule has 0 aliphatic heterocycles. The highest BCUT2D eigenvalue weighted by Crippen LogP contribution is 2.09. The Morgan fingerprint density at radius 3 is 2.84 bits per heavy atom. The Morgan fingerprint density at radius 2 is 2.21 bits per heavy atom. The lowest BCUT2D eigenvalue weighted by atomic mass is 10.3. The summed E-state index contributed by atoms with van der Waals surface area (Å²) in [5.74, 6) is 0.998. The van der Waals surface area contributed by atoms with E-state index in [2.05, 4.69) is 20.6 Å². The standard InChI is InChI=1S/C13H16N4O2/c1-8-9(2)19-12(17-8)7-16-13(18)11-6-10(14-3)4-5-15-11/h4-6H,7H2,1-3H3,(H,14,15)(H,16,18). The van der Waals surface area contributed by atoms with E-state index in [1.165, 1.54) is 0 Å². The predicted octanol–water partition coefficient (Wildman–Crippen LogP) is 1.66. The van der Waals surface area contributed by atoms with E-state index < -0.39 is 0 Å². The average molecular weight is 260 g/mol. The van der Waals surface area contributed by atoms with Gasteiger partial charge >= 0.3 is 0 Å². The van der Waals surface area contributed by atoms with E-state index >= 15 is 0 Å². The summed E-state index contributed by atoms with van der Waals surface area (Å²) < 4.78 is 5.39. The number of aromatic nitrogens is 2. The van der Waals surface area contributed by atoms with Crippen LogP contribution in [0.1, 0.15) is 27.8 Å². The number of hydrogen-bond donors (Lipinski definition) is 2. The van der Waals surface area contributed by atoms with Gasteiger partial charge in [-0.05, 0) is 26.0 Å². The molecule has 2 aromatic rings. The van der Waals surface area contributed by atoms with Gasteiger partial charge in [-0.1, -0.05) is 0 Å². The van der Waals surface area contributed by atoms with Crippen LogP contribution >= 0.6 is 0 Å². The minimum atomic E-state index is -0.259. The molecule has 0 radical (unpaired) electrons. The van der Waals surface area contributed by atoms with Gasteiger partial charge in [0.2, 0.25) is 5.89 Å². The molecule has 6 heteroatoms. The summed E-state index contributed by atoms with van der Waals surface area (Å²) in [7, 11) is 1.79. The number of carbonyl (C=O) groups is 1. The van der Waals surface area contributed by atoms with Gasteiger partial charge in [-0.3, -0.25) is 9.78 Å². The van der Waals surface area contributed by atoms with Crippen LogP contribution in [0, 0.1) is 13.8 Å². The number of hydrogen-bond acceptors (Lipinski definition) is 5. The number of amides is 1. The normalized spacial score (nSPS) is 10.3. The average Bonchev–Trinajstić information content (AvgIpc) is 2.75. The van der Waals surface area contributed by atoms with Crippen LogP contribution in [-0.2, 0) is 6.54 Å². The maximum Gasteiger partial charge on any atom is 0.270 e. The molecule has 0 bridgehead atoms. The number of carbonyl (C=O) groups excluding carboxylic acids is 1. The van der Waals surface area contributed by atoms with Crippen molar-refractivity contribution in [1.82, 2.24) is 15.3 Å². The van der Waals surface area contributed by atoms with Gasteiger partial charge in [-0.15, -0.1) is 0 Å². The van der Waals surface area contributed by atoms with Crippen LogP contribution in [0.4, 0.5) is 5.69 Å². The number of aryl methyl sites for hydroxylation is 2. The lowest BCUT2D eigenvalue weighted by Crippen LogP contribution is -2.24. The van der Waals surface area contributed by atoms with E-state index in [1.54, 1.807) is 25.4 Å². The van der Waals surface area contributed by atoms with Crippen molar-refractivity contribution in [2.75, 3.05) is 12.4 Å². The molecule has 2 heterocycles. The molecular weight excluding hydrogens is 244 g/mol. The highest BCUT2D eigenvalue weighted by atomic mass is 16.4. The Labute approximate surface area is 111 Å². The fourth-order valence-corrected chi connectivity index (χ4v) is 1.57. The zero-order valence-corrected chi connectivity index (χ0v) is 11.2. The molecule has 2 aromatic heterocycles. The lowest BCUT2D eigenvalue weighted by molar-refractivity contribution is 0.0942. The molecule has 1 amide bonds. The Kier molecular flexibility index (Phi) is 3.79. The highest BCUT2D eigenvalue weighted by Gasteiger charge is 2.10. The molecule has 0 spiro atoms. The van der Waals surface area contributed by atoms with Crippen molar-refractivity contribution in [2.45, 2.75) is 20.4 Å². The van der Waals surface area contributed by atoms with Crippen molar-refractivity contribution in [1.29, 1.82) is 0 Å². The molecule has 6 nitrogen and oxygen atoms in total. The van der Waals surface area contributed by atoms with Gasteiger partial charge in [0.15, 0.2) is 0 Å². The molecule has 0 aliphatic rings. The summed E-state index contributed by atoms with van der Waals surface area (Å²) in [6, 6.07) is 3.47. The van der Waals surface area contributed by atoms with Crippen LogP contribution in [-0.4, -0.2) is 22.9 Å². The third-order valence-corrected chi connectivity index (χ3v) is 2.75. The predicted molar refractivity (Wildman–Crippen MR) is 70.9 cm³/mol. The van der Waals surface area contributed by atoms with Crippen molar-refractivity contribution < 1.29 is 9.21 Å². The van der Waals surface area contributed by atoms with E-state index in [0.29, 0.717) is 11.6 Å². The second-order valence-electron chi connectivity index (χ2n) is 4.11. The van der Waals surface area contributed by atoms with Crippen LogP contribution in [0.25, 0.3) is 0 Å². The van der Waals surface area contributed by atoms with Gasteiger partial charge in [-0.2, -0.15) is 0 Å². The molecule has 0 saturated carbocycles. The monoisotopic (exact) mass is 260 g/mol. The second kappa shape index (κ2) is 5.51. The largest absolute Gasteiger partial charge is 0.444 e. The lowest BCUT2D eigenvalue weighted by Gasteiger charge is -2.04. The van der Waals surface area contributed by atoms with Crippen molar-refractivity contribution in [3.05, 3.63) is 41.4 Å². The van der Waals surface area contributed by atoms with Gasteiger partial charge in [-0.25, -0.2) is 4.98 Å². The number of pyridine rings is 1. The van der Waals surface area contributed by atoms with E-state index in [9.17, 15) is 4.79 Å². The zero-order chi connectivity index (χ0) is 13.8. The molecule has 0 atom stereocenters. The summed E-state index contributed by atoms with van der Waals surface area (Å²) in [5, 5.41) is 5.68. The highest BCUT2D eigenvalue weighted by molar-refractivity contribution is 5.92. The maximum absolute atomic E-state index is 11.9. The fourth-order valence-electron chi connectivity index (χ4n) is 1.57. The van der Waals surface area contributed by atoms with Gasteiger partial charge in [0, 0.05) is 18.9 Å². The fraction of sp³-hybridized carbons (Fsp3) is 0.308. The molecule has 0 fully saturated rings. The van der Waals surface area contributed by atoms with Crippen molar-refractivity contribution in [2.24, 2.45) is 0 Å². The maximum atomic E-state index is 11.9. The molecule has 0 aromatic carbocycles. The van der Waals surface area contributed by atoms with Crippen LogP contribution in [0.5, 0.6) is 0 Å². The van der Waals surface area contributed by atoms with E-state index in [-0.39, 0.29) is 12.5 Å². The number of anilines is 1. The number of nitrogens with one attached hydrogen (secondary N) is 2. The van der Waals surface area contributed by atoms with E-state index in [4.69, 9.17) is 4.42 Å². The summed E-state index contributed by atoms with van der Waals surface area (Å²) in [5.41, 5.74) is 2.02. The Balaban J connectivity index is 2.00. The second-order valence-corrected chi connectivity index (χ2v) is 4.11. The third-order valence-electron chi connectivity index (χ3n) is 2.75. The summed E-state index contributed by atoms with van der Waals surface area (Å²) in [4.78, 5) is 20.1. The molecule has 0 saturated heterocycles. The Bertz CT molecular complexity index is 573. The van der Waals surface area contributed by atoms with Gasteiger partial charge < -0.3 is 15.1 Å². The minimum absolute atomic E-state index is 0.249. The molecule has 0 aliphatic carbocycles. The van der Waals surface area contributed by atoms with Gasteiger partial charge in [0.1, 0.15) is 11.5 Å². The zero-order valence-electron chi connectivity index (χ0n) is 11.2. The number of oxazole rings is 1. The number of rotatable bonds is 4. The minimum Gasteiger partial charge on any atom is -0.444 e. The van der Waals surface area contributed by atoms with Crippen molar-refractivity contribution in [3.8, 4) is 0 Å². The summed E-state index contributed by atoms with van der Waals surface area (Å²) in [6.45, 7) is 3.95. The van der Waals surface area contributed by atoms with Crippen LogP contribution < -0.4 is 10.6 Å². The van der Waals surface area contributed by atoms with Crippen LogP contribution in [0.15, 0.2) is 22.7 Å². The van der Waals surface area contributed by atoms with Crippen LogP contribution in [0.2, 0.25) is 0 Å². The molecule has 0 unspecified atom stereocenters. The molecule has 2 rings (SSSR count). The van der Waals surface area contributed by atoms with E-state index in [1.807, 2.05) is 13.8 Å². The first-order chi connectivity index (χ1) is 9.10. The quantitative estimate of drug-likeness (QED) is 0.873. The van der Waals surface area contributed by atoms with Crippen LogP contribution in [0.3, 0.4) is 0 Å². The van der Waals surface area contributed by atoms with Gasteiger partial charge in [0.05, 0.1) is 12.2 Å². The van der Waals surface area contributed by atoms with E-state index in [0.717, 1.165) is 17.1 Å². The van der Waals surface area contributed by atoms with Crippen molar-refractivity contribution in [3.63, 3.8) is 0 Å². The summed E-state index contributed by atoms with van der Waals surface area (Å²) >= 11 is 0. The summed E-state index contributed by atoms with van der Waals surface area (Å²) in [6.07, 6.45) is 1.58. The Morgan fingerprint density at radius 1 is 1.42 bits per heavy atom. The topological polar surface area (TPSA) is 80.0 Å². The molecule has 100 valence electrons. The molecular formula is C13H16N4O2. The third kappa shape index (κ3) is 3.09. The molecule has 2 N–H and O–H groups in total. The SMILES string of the molecule is CNc1ccnc(C(=O)NCc2nc(C)c(C)o2)c1. The van der Waals surface area contributed by atoms with Gasteiger partial charge in [0.25, 0.3) is 5.91 Å². The Hall–Kier alpha value is -2.37. The first-order valence-corrected chi connectivity index (χ1v) is 5.95. The first-order valence-electron chi connectivity index (χ1n) is 5.95.